The van der Waals surface area contributed by atoms with Crippen LogP contribution in [0.2, 0.25) is 0 Å². The standard InChI is InChI=1S/C13H21N3O3S/c1-2-13(17)16-11-5-7-12(8-6-11)20(18,19)15-10-4-3-9-14/h5-8,15H,2-4,9-10,14H2,1H3,(H,16,17). The first-order valence-electron chi connectivity index (χ1n) is 6.59. The molecule has 0 saturated carbocycles. The average Bonchev–Trinajstić information content (AvgIpc) is 2.44. The van der Waals surface area contributed by atoms with E-state index in [1.54, 1.807) is 19.1 Å². The van der Waals surface area contributed by atoms with Gasteiger partial charge in [-0.3, -0.25) is 4.79 Å². The summed E-state index contributed by atoms with van der Waals surface area (Å²) < 4.78 is 26.4. The van der Waals surface area contributed by atoms with Crippen molar-refractivity contribution in [2.75, 3.05) is 18.4 Å². The van der Waals surface area contributed by atoms with Crippen LogP contribution in [0.1, 0.15) is 26.2 Å². The van der Waals surface area contributed by atoms with Crippen molar-refractivity contribution in [1.29, 1.82) is 0 Å². The molecule has 0 atom stereocenters. The van der Waals surface area contributed by atoms with E-state index in [-0.39, 0.29) is 10.8 Å². The number of rotatable bonds is 8. The van der Waals surface area contributed by atoms with Gasteiger partial charge in [0, 0.05) is 18.7 Å². The molecule has 0 aromatic heterocycles. The predicted molar refractivity (Wildman–Crippen MR) is 78.8 cm³/mol. The highest BCUT2D eigenvalue weighted by atomic mass is 32.2. The van der Waals surface area contributed by atoms with Crippen molar-refractivity contribution >= 4 is 21.6 Å². The van der Waals surface area contributed by atoms with Gasteiger partial charge < -0.3 is 11.1 Å². The zero-order valence-corrected chi connectivity index (χ0v) is 12.4. The van der Waals surface area contributed by atoms with Crippen LogP contribution in [-0.2, 0) is 14.8 Å². The summed E-state index contributed by atoms with van der Waals surface area (Å²) in [7, 11) is -3.50. The molecular weight excluding hydrogens is 278 g/mol. The zero-order valence-electron chi connectivity index (χ0n) is 11.6. The van der Waals surface area contributed by atoms with Crippen molar-refractivity contribution in [3.63, 3.8) is 0 Å². The number of amides is 1. The molecule has 0 fully saturated rings. The van der Waals surface area contributed by atoms with Crippen LogP contribution in [0.4, 0.5) is 5.69 Å². The monoisotopic (exact) mass is 299 g/mol. The molecule has 112 valence electrons. The Hall–Kier alpha value is -1.44. The van der Waals surface area contributed by atoms with E-state index < -0.39 is 10.0 Å². The third kappa shape index (κ3) is 5.28. The Morgan fingerprint density at radius 3 is 2.40 bits per heavy atom. The second-order valence-corrected chi connectivity index (χ2v) is 6.09. The number of benzene rings is 1. The Morgan fingerprint density at radius 1 is 1.20 bits per heavy atom. The second-order valence-electron chi connectivity index (χ2n) is 4.32. The predicted octanol–water partition coefficient (Wildman–Crippen LogP) is 1.05. The van der Waals surface area contributed by atoms with Gasteiger partial charge in [-0.25, -0.2) is 13.1 Å². The maximum absolute atomic E-state index is 12.0. The van der Waals surface area contributed by atoms with E-state index in [9.17, 15) is 13.2 Å². The van der Waals surface area contributed by atoms with E-state index in [1.807, 2.05) is 0 Å². The molecule has 6 nitrogen and oxygen atoms in total. The van der Waals surface area contributed by atoms with Crippen LogP contribution >= 0.6 is 0 Å². The van der Waals surface area contributed by atoms with E-state index >= 15 is 0 Å². The maximum Gasteiger partial charge on any atom is 0.240 e. The van der Waals surface area contributed by atoms with Gasteiger partial charge >= 0.3 is 0 Å². The molecule has 1 amide bonds. The third-order valence-corrected chi connectivity index (χ3v) is 4.17. The normalized spacial score (nSPS) is 11.3. The van der Waals surface area contributed by atoms with Crippen LogP contribution in [0.3, 0.4) is 0 Å². The molecule has 1 aromatic rings. The van der Waals surface area contributed by atoms with Crippen LogP contribution in [0.15, 0.2) is 29.2 Å². The summed E-state index contributed by atoms with van der Waals surface area (Å²) in [4.78, 5) is 11.4. The highest BCUT2D eigenvalue weighted by Gasteiger charge is 2.12. The molecule has 0 aliphatic rings. The van der Waals surface area contributed by atoms with Gasteiger partial charge in [0.15, 0.2) is 0 Å². The fourth-order valence-electron chi connectivity index (χ4n) is 1.53. The smallest absolute Gasteiger partial charge is 0.240 e. The van der Waals surface area contributed by atoms with Crippen LogP contribution < -0.4 is 15.8 Å². The average molecular weight is 299 g/mol. The zero-order chi connectivity index (χ0) is 15.0. The molecule has 0 aliphatic heterocycles. The number of anilines is 1. The van der Waals surface area contributed by atoms with Crippen molar-refractivity contribution in [1.82, 2.24) is 4.72 Å². The van der Waals surface area contributed by atoms with Crippen LogP contribution in [-0.4, -0.2) is 27.4 Å². The summed E-state index contributed by atoms with van der Waals surface area (Å²) in [6.07, 6.45) is 1.87. The van der Waals surface area contributed by atoms with Gasteiger partial charge in [-0.15, -0.1) is 0 Å². The van der Waals surface area contributed by atoms with Gasteiger partial charge in [0.05, 0.1) is 4.90 Å². The van der Waals surface area contributed by atoms with Gasteiger partial charge in [0.2, 0.25) is 15.9 Å². The van der Waals surface area contributed by atoms with Crippen LogP contribution in [0, 0.1) is 0 Å². The lowest BCUT2D eigenvalue weighted by atomic mass is 10.3. The molecular formula is C13H21N3O3S. The molecule has 0 unspecified atom stereocenters. The molecule has 0 radical (unpaired) electrons. The SMILES string of the molecule is CCC(=O)Nc1ccc(S(=O)(=O)NCCCCN)cc1. The first kappa shape index (κ1) is 16.6. The number of carbonyl (C=O) groups is 1. The molecule has 1 rings (SSSR count). The van der Waals surface area contributed by atoms with Gasteiger partial charge in [-0.1, -0.05) is 6.92 Å². The minimum Gasteiger partial charge on any atom is -0.330 e. The van der Waals surface area contributed by atoms with Gasteiger partial charge in [-0.05, 0) is 43.7 Å². The summed E-state index contributed by atoms with van der Waals surface area (Å²) in [5.74, 6) is -0.111. The number of hydrogen-bond donors (Lipinski definition) is 3. The highest BCUT2D eigenvalue weighted by molar-refractivity contribution is 7.89. The number of nitrogens with one attached hydrogen (secondary N) is 2. The van der Waals surface area contributed by atoms with E-state index in [0.29, 0.717) is 31.6 Å². The number of sulfonamides is 1. The number of nitrogens with two attached hydrogens (primary N) is 1. The quantitative estimate of drug-likeness (QED) is 0.624. The Morgan fingerprint density at radius 2 is 1.85 bits per heavy atom. The summed E-state index contributed by atoms with van der Waals surface area (Å²) in [6, 6.07) is 6.08. The fraction of sp³-hybridized carbons (Fsp3) is 0.462. The Kier molecular flexibility index (Phi) is 6.63. The molecule has 4 N–H and O–H groups in total. The van der Waals surface area contributed by atoms with Gasteiger partial charge in [0.25, 0.3) is 0 Å². The van der Waals surface area contributed by atoms with E-state index in [2.05, 4.69) is 10.0 Å². The lowest BCUT2D eigenvalue weighted by molar-refractivity contribution is -0.115. The van der Waals surface area contributed by atoms with Crippen LogP contribution in [0.25, 0.3) is 0 Å². The molecule has 0 heterocycles. The minimum absolute atomic E-state index is 0.111. The summed E-state index contributed by atoms with van der Waals surface area (Å²) in [5.41, 5.74) is 5.93. The van der Waals surface area contributed by atoms with Crippen LogP contribution in [0.5, 0.6) is 0 Å². The summed E-state index contributed by atoms with van der Waals surface area (Å²) in [6.45, 7) is 2.67. The number of hydrogen-bond acceptors (Lipinski definition) is 4. The second kappa shape index (κ2) is 7.98. The van der Waals surface area contributed by atoms with Crippen molar-refractivity contribution in [2.45, 2.75) is 31.1 Å². The minimum atomic E-state index is -3.50. The van der Waals surface area contributed by atoms with Crippen molar-refractivity contribution < 1.29 is 13.2 Å². The molecule has 1 aromatic carbocycles. The molecule has 0 spiro atoms. The molecule has 7 heteroatoms. The first-order chi connectivity index (χ1) is 9.49. The van der Waals surface area contributed by atoms with Gasteiger partial charge in [0.1, 0.15) is 0 Å². The fourth-order valence-corrected chi connectivity index (χ4v) is 2.60. The summed E-state index contributed by atoms with van der Waals surface area (Å²) in [5, 5.41) is 2.66. The third-order valence-electron chi connectivity index (χ3n) is 2.69. The largest absolute Gasteiger partial charge is 0.330 e. The van der Waals surface area contributed by atoms with E-state index in [0.717, 1.165) is 6.42 Å². The lowest BCUT2D eigenvalue weighted by Crippen LogP contribution is -2.25. The van der Waals surface area contributed by atoms with E-state index in [1.165, 1.54) is 12.1 Å². The molecule has 20 heavy (non-hydrogen) atoms. The first-order valence-corrected chi connectivity index (χ1v) is 8.07. The molecule has 0 bridgehead atoms. The van der Waals surface area contributed by atoms with Crippen molar-refractivity contribution in [3.8, 4) is 0 Å². The number of carbonyl (C=O) groups excluding carboxylic acids is 1. The number of unbranched alkanes of at least 4 members (excludes halogenated alkanes) is 1. The molecule has 0 aliphatic carbocycles. The van der Waals surface area contributed by atoms with Crippen molar-refractivity contribution in [3.05, 3.63) is 24.3 Å². The topological polar surface area (TPSA) is 101 Å². The Bertz CT molecular complexity index is 526. The maximum atomic E-state index is 12.0. The van der Waals surface area contributed by atoms with Crippen molar-refractivity contribution in [2.24, 2.45) is 5.73 Å². The summed E-state index contributed by atoms with van der Waals surface area (Å²) >= 11 is 0. The Labute approximate surface area is 119 Å². The highest BCUT2D eigenvalue weighted by Crippen LogP contribution is 2.14. The molecule has 0 saturated heterocycles. The Balaban J connectivity index is 2.64. The van der Waals surface area contributed by atoms with Gasteiger partial charge in [-0.2, -0.15) is 0 Å². The van der Waals surface area contributed by atoms with E-state index in [4.69, 9.17) is 5.73 Å². The lowest BCUT2D eigenvalue weighted by Gasteiger charge is -2.08.